The van der Waals surface area contributed by atoms with E-state index in [-0.39, 0.29) is 24.4 Å². The van der Waals surface area contributed by atoms with Crippen LogP contribution in [0, 0.1) is 5.92 Å². The molecular formula is C18H28O3. The lowest BCUT2D eigenvalue weighted by Crippen LogP contribution is -2.27. The molecule has 3 heteroatoms. The fourth-order valence-electron chi connectivity index (χ4n) is 2.17. The van der Waals surface area contributed by atoms with Crippen molar-refractivity contribution in [2.75, 3.05) is 0 Å². The second kappa shape index (κ2) is 9.69. The molecular weight excluding hydrogens is 264 g/mol. The Morgan fingerprint density at radius 1 is 1.43 bits per heavy atom. The second-order valence-electron chi connectivity index (χ2n) is 5.73. The van der Waals surface area contributed by atoms with Crippen LogP contribution < -0.4 is 0 Å². The lowest BCUT2D eigenvalue weighted by Gasteiger charge is -2.25. The summed E-state index contributed by atoms with van der Waals surface area (Å²) in [6.07, 6.45) is 13.7. The number of ether oxygens (including phenoxy) is 2. The number of aldehydes is 1. The van der Waals surface area contributed by atoms with Crippen molar-refractivity contribution in [2.45, 2.75) is 65.5 Å². The molecule has 1 aliphatic heterocycles. The standard InChI is InChI=1S/C18H28O3/c1-5-16(13-15(4)11-12-19)9-10-17-7-6-8-18(21-17)20-14(2)3/h6,8-10,12-15,17-18H,5,7,11H2,1-4H3/b10-9+,16-13-/t15-,17-,18-/m1/s1. The Morgan fingerprint density at radius 2 is 2.19 bits per heavy atom. The maximum Gasteiger partial charge on any atom is 0.177 e. The van der Waals surface area contributed by atoms with Gasteiger partial charge >= 0.3 is 0 Å². The third-order valence-corrected chi connectivity index (χ3v) is 3.28. The largest absolute Gasteiger partial charge is 0.346 e. The first kappa shape index (κ1) is 17.9. The third kappa shape index (κ3) is 7.39. The van der Waals surface area contributed by atoms with Gasteiger partial charge in [0.1, 0.15) is 6.29 Å². The summed E-state index contributed by atoms with van der Waals surface area (Å²) in [5.74, 6) is 0.284. The van der Waals surface area contributed by atoms with Gasteiger partial charge in [0.15, 0.2) is 6.29 Å². The molecule has 0 aromatic carbocycles. The Morgan fingerprint density at radius 3 is 2.81 bits per heavy atom. The molecule has 0 saturated heterocycles. The van der Waals surface area contributed by atoms with Gasteiger partial charge in [-0.1, -0.05) is 43.7 Å². The van der Waals surface area contributed by atoms with Crippen molar-refractivity contribution < 1.29 is 14.3 Å². The van der Waals surface area contributed by atoms with Crippen LogP contribution in [0.4, 0.5) is 0 Å². The van der Waals surface area contributed by atoms with Crippen LogP contribution in [0.3, 0.4) is 0 Å². The van der Waals surface area contributed by atoms with E-state index in [2.05, 4.69) is 38.2 Å². The number of hydrogen-bond acceptors (Lipinski definition) is 3. The molecule has 0 spiro atoms. The average Bonchev–Trinajstić information content (AvgIpc) is 2.43. The van der Waals surface area contributed by atoms with Gasteiger partial charge < -0.3 is 14.3 Å². The molecule has 1 rings (SSSR count). The Kier molecular flexibility index (Phi) is 8.24. The lowest BCUT2D eigenvalue weighted by molar-refractivity contribution is -0.154. The van der Waals surface area contributed by atoms with E-state index in [4.69, 9.17) is 9.47 Å². The number of carbonyl (C=O) groups excluding carboxylic acids is 1. The van der Waals surface area contributed by atoms with E-state index in [1.165, 1.54) is 5.57 Å². The average molecular weight is 292 g/mol. The van der Waals surface area contributed by atoms with Crippen LogP contribution in [-0.4, -0.2) is 24.8 Å². The Balaban J connectivity index is 2.58. The van der Waals surface area contributed by atoms with Crippen molar-refractivity contribution in [3.05, 3.63) is 36.0 Å². The molecule has 0 bridgehead atoms. The SMILES string of the molecule is CCC(=C/[C@H](C)CC=O)/C=C/[C@H]1CC=C[C@H](OC(C)C)O1. The minimum Gasteiger partial charge on any atom is -0.346 e. The molecule has 0 aromatic rings. The quantitative estimate of drug-likeness (QED) is 0.382. The van der Waals surface area contributed by atoms with Crippen molar-refractivity contribution in [1.29, 1.82) is 0 Å². The highest BCUT2D eigenvalue weighted by Gasteiger charge is 2.17. The molecule has 0 aromatic heterocycles. The molecule has 1 aliphatic rings. The van der Waals surface area contributed by atoms with Crippen LogP contribution >= 0.6 is 0 Å². The highest BCUT2D eigenvalue weighted by atomic mass is 16.7. The van der Waals surface area contributed by atoms with Gasteiger partial charge in [0.2, 0.25) is 0 Å². The smallest absolute Gasteiger partial charge is 0.177 e. The van der Waals surface area contributed by atoms with E-state index in [9.17, 15) is 4.79 Å². The molecule has 118 valence electrons. The fourth-order valence-corrected chi connectivity index (χ4v) is 2.17. The van der Waals surface area contributed by atoms with Crippen LogP contribution in [0.25, 0.3) is 0 Å². The van der Waals surface area contributed by atoms with Crippen LogP contribution in [0.1, 0.15) is 47.0 Å². The first-order chi connectivity index (χ1) is 10.0. The predicted octanol–water partition coefficient (Wildman–Crippen LogP) is 4.20. The Hall–Kier alpha value is -1.19. The molecule has 21 heavy (non-hydrogen) atoms. The highest BCUT2D eigenvalue weighted by molar-refractivity contribution is 5.50. The lowest BCUT2D eigenvalue weighted by atomic mass is 10.0. The minimum absolute atomic E-state index is 0.0510. The summed E-state index contributed by atoms with van der Waals surface area (Å²) in [7, 11) is 0. The number of allylic oxidation sites excluding steroid dienone is 3. The Bertz CT molecular complexity index is 393. The molecule has 3 atom stereocenters. The van der Waals surface area contributed by atoms with Crippen LogP contribution in [-0.2, 0) is 14.3 Å². The molecule has 0 fully saturated rings. The third-order valence-electron chi connectivity index (χ3n) is 3.28. The monoisotopic (exact) mass is 292 g/mol. The molecule has 0 radical (unpaired) electrons. The maximum atomic E-state index is 10.5. The van der Waals surface area contributed by atoms with E-state index in [1.54, 1.807) is 0 Å². The summed E-state index contributed by atoms with van der Waals surface area (Å²) in [5.41, 5.74) is 1.24. The highest BCUT2D eigenvalue weighted by Crippen LogP contribution is 2.18. The normalized spacial score (nSPS) is 24.7. The molecule has 0 amide bonds. The van der Waals surface area contributed by atoms with E-state index in [0.717, 1.165) is 19.1 Å². The van der Waals surface area contributed by atoms with Gasteiger partial charge in [0.25, 0.3) is 0 Å². The molecule has 1 heterocycles. The van der Waals surface area contributed by atoms with Gasteiger partial charge in [-0.25, -0.2) is 0 Å². The summed E-state index contributed by atoms with van der Waals surface area (Å²) in [6, 6.07) is 0. The van der Waals surface area contributed by atoms with Crippen molar-refractivity contribution in [3.8, 4) is 0 Å². The Labute approximate surface area is 128 Å². The number of carbonyl (C=O) groups is 1. The van der Waals surface area contributed by atoms with Gasteiger partial charge in [-0.2, -0.15) is 0 Å². The minimum atomic E-state index is -0.253. The van der Waals surface area contributed by atoms with Gasteiger partial charge in [-0.3, -0.25) is 0 Å². The maximum absolute atomic E-state index is 10.5. The summed E-state index contributed by atoms with van der Waals surface area (Å²) in [6.45, 7) is 8.19. The van der Waals surface area contributed by atoms with Gasteiger partial charge in [-0.05, 0) is 38.7 Å². The second-order valence-corrected chi connectivity index (χ2v) is 5.73. The summed E-state index contributed by atoms with van der Waals surface area (Å²) in [5, 5.41) is 0. The zero-order chi connectivity index (χ0) is 15.7. The first-order valence-corrected chi connectivity index (χ1v) is 7.85. The van der Waals surface area contributed by atoms with E-state index in [0.29, 0.717) is 6.42 Å². The zero-order valence-corrected chi connectivity index (χ0v) is 13.6. The summed E-state index contributed by atoms with van der Waals surface area (Å²) < 4.78 is 11.5. The molecule has 0 saturated carbocycles. The van der Waals surface area contributed by atoms with E-state index in [1.807, 2.05) is 19.9 Å². The van der Waals surface area contributed by atoms with Crippen LogP contribution in [0.15, 0.2) is 36.0 Å². The molecule has 3 nitrogen and oxygen atoms in total. The van der Waals surface area contributed by atoms with Crippen molar-refractivity contribution in [3.63, 3.8) is 0 Å². The zero-order valence-electron chi connectivity index (χ0n) is 13.6. The van der Waals surface area contributed by atoms with Crippen molar-refractivity contribution in [2.24, 2.45) is 5.92 Å². The molecule has 0 N–H and O–H groups in total. The van der Waals surface area contributed by atoms with Crippen molar-refractivity contribution in [1.82, 2.24) is 0 Å². The van der Waals surface area contributed by atoms with Gasteiger partial charge in [0, 0.05) is 6.42 Å². The number of hydrogen-bond donors (Lipinski definition) is 0. The summed E-state index contributed by atoms with van der Waals surface area (Å²) in [4.78, 5) is 10.5. The van der Waals surface area contributed by atoms with E-state index < -0.39 is 0 Å². The first-order valence-electron chi connectivity index (χ1n) is 7.85. The van der Waals surface area contributed by atoms with E-state index >= 15 is 0 Å². The topological polar surface area (TPSA) is 35.5 Å². The van der Waals surface area contributed by atoms with Crippen molar-refractivity contribution >= 4 is 6.29 Å². The number of rotatable bonds is 8. The van der Waals surface area contributed by atoms with Crippen LogP contribution in [0.5, 0.6) is 0 Å². The fraction of sp³-hybridized carbons (Fsp3) is 0.611. The van der Waals surface area contributed by atoms with Gasteiger partial charge in [0.05, 0.1) is 12.2 Å². The molecule has 0 aliphatic carbocycles. The molecule has 0 unspecified atom stereocenters. The predicted molar refractivity (Wildman–Crippen MR) is 86.0 cm³/mol. The summed E-state index contributed by atoms with van der Waals surface area (Å²) >= 11 is 0. The van der Waals surface area contributed by atoms with Gasteiger partial charge in [-0.15, -0.1) is 0 Å². The van der Waals surface area contributed by atoms with Crippen LogP contribution in [0.2, 0.25) is 0 Å².